The van der Waals surface area contributed by atoms with Gasteiger partial charge in [-0.15, -0.1) is 11.8 Å². The molecule has 2 aromatic heterocycles. The van der Waals surface area contributed by atoms with E-state index in [9.17, 15) is 15.3 Å². The number of nitrogens with two attached hydrogens (primary N) is 1. The third-order valence-corrected chi connectivity index (χ3v) is 4.52. The van der Waals surface area contributed by atoms with Crippen molar-refractivity contribution in [3.05, 3.63) is 6.33 Å². The van der Waals surface area contributed by atoms with Gasteiger partial charge in [0.2, 0.25) is 5.95 Å². The van der Waals surface area contributed by atoms with Gasteiger partial charge in [0.25, 0.3) is 0 Å². The van der Waals surface area contributed by atoms with Gasteiger partial charge < -0.3 is 25.8 Å². The van der Waals surface area contributed by atoms with Gasteiger partial charge >= 0.3 is 0 Å². The molecular weight excluding hydrogens is 322 g/mol. The average molecular weight is 341 g/mol. The zero-order valence-corrected chi connectivity index (χ0v) is 13.5. The van der Waals surface area contributed by atoms with Crippen LogP contribution in [0.3, 0.4) is 0 Å². The van der Waals surface area contributed by atoms with Gasteiger partial charge in [0, 0.05) is 5.25 Å². The molecule has 126 valence electrons. The first-order chi connectivity index (χ1) is 10.9. The van der Waals surface area contributed by atoms with E-state index in [1.165, 1.54) is 22.7 Å². The molecule has 5 N–H and O–H groups in total. The highest BCUT2D eigenvalue weighted by molar-refractivity contribution is 8.00. The fourth-order valence-corrected chi connectivity index (χ4v) is 3.36. The van der Waals surface area contributed by atoms with E-state index in [0.717, 1.165) is 0 Å². The lowest BCUT2D eigenvalue weighted by Gasteiger charge is -2.16. The van der Waals surface area contributed by atoms with Crippen molar-refractivity contribution in [2.45, 2.75) is 48.7 Å². The van der Waals surface area contributed by atoms with Crippen LogP contribution in [-0.4, -0.2) is 65.0 Å². The summed E-state index contributed by atoms with van der Waals surface area (Å²) in [6.45, 7) is 3.66. The van der Waals surface area contributed by atoms with E-state index in [0.29, 0.717) is 16.2 Å². The minimum Gasteiger partial charge on any atom is -0.394 e. The summed E-state index contributed by atoms with van der Waals surface area (Å²) in [6.07, 6.45) is -2.70. The van der Waals surface area contributed by atoms with Gasteiger partial charge in [0.15, 0.2) is 11.9 Å². The van der Waals surface area contributed by atoms with Crippen LogP contribution in [0.25, 0.3) is 11.2 Å². The lowest BCUT2D eigenvalue weighted by atomic mass is 10.1. The first-order valence-corrected chi connectivity index (χ1v) is 8.09. The van der Waals surface area contributed by atoms with Gasteiger partial charge in [-0.05, 0) is 0 Å². The van der Waals surface area contributed by atoms with Crippen molar-refractivity contribution in [1.29, 1.82) is 0 Å². The molecule has 0 unspecified atom stereocenters. The summed E-state index contributed by atoms with van der Waals surface area (Å²) in [5.74, 6) is 0.0918. The van der Waals surface area contributed by atoms with Crippen molar-refractivity contribution in [1.82, 2.24) is 19.5 Å². The van der Waals surface area contributed by atoms with E-state index < -0.39 is 31.1 Å². The third-order valence-electron chi connectivity index (χ3n) is 3.55. The maximum Gasteiger partial charge on any atom is 0.223 e. The Kier molecular flexibility index (Phi) is 4.43. The monoisotopic (exact) mass is 341 g/mol. The summed E-state index contributed by atoms with van der Waals surface area (Å²) >= 11 is 1.50. The van der Waals surface area contributed by atoms with Crippen LogP contribution in [0.5, 0.6) is 0 Å². The topological polar surface area (TPSA) is 140 Å². The number of thioether (sulfide) groups is 1. The van der Waals surface area contributed by atoms with Crippen molar-refractivity contribution in [3.63, 3.8) is 0 Å². The van der Waals surface area contributed by atoms with Crippen molar-refractivity contribution < 1.29 is 20.1 Å². The Labute approximate surface area is 136 Å². The van der Waals surface area contributed by atoms with E-state index >= 15 is 0 Å². The number of nitrogen functional groups attached to an aromatic ring is 1. The summed E-state index contributed by atoms with van der Waals surface area (Å²) in [5, 5.41) is 30.2. The molecule has 10 heteroatoms. The van der Waals surface area contributed by atoms with Gasteiger partial charge in [0.1, 0.15) is 28.9 Å². The van der Waals surface area contributed by atoms with Crippen LogP contribution >= 0.6 is 11.8 Å². The van der Waals surface area contributed by atoms with Crippen LogP contribution in [0.15, 0.2) is 11.4 Å². The Morgan fingerprint density at radius 1 is 1.35 bits per heavy atom. The van der Waals surface area contributed by atoms with Crippen molar-refractivity contribution in [2.75, 3.05) is 12.3 Å². The van der Waals surface area contributed by atoms with E-state index in [4.69, 9.17) is 10.5 Å². The van der Waals surface area contributed by atoms with Gasteiger partial charge in [-0.2, -0.15) is 4.98 Å². The molecule has 1 aliphatic rings. The minimum atomic E-state index is -1.21. The summed E-state index contributed by atoms with van der Waals surface area (Å²) in [4.78, 5) is 12.7. The Hall–Kier alpha value is -1.46. The smallest absolute Gasteiger partial charge is 0.223 e. The molecule has 3 rings (SSSR count). The van der Waals surface area contributed by atoms with E-state index in [-0.39, 0.29) is 11.2 Å². The molecule has 0 spiro atoms. The number of anilines is 1. The molecule has 2 aromatic rings. The van der Waals surface area contributed by atoms with Crippen LogP contribution < -0.4 is 5.73 Å². The number of fused-ring (bicyclic) bond motifs is 1. The highest BCUT2D eigenvalue weighted by Gasteiger charge is 2.44. The predicted molar refractivity (Wildman–Crippen MR) is 83.7 cm³/mol. The first kappa shape index (κ1) is 16.4. The summed E-state index contributed by atoms with van der Waals surface area (Å²) < 4.78 is 7.01. The fraction of sp³-hybridized carbons (Fsp3) is 0.615. The molecule has 0 aromatic carbocycles. The van der Waals surface area contributed by atoms with Crippen molar-refractivity contribution >= 4 is 28.9 Å². The lowest BCUT2D eigenvalue weighted by molar-refractivity contribution is -0.0511. The van der Waals surface area contributed by atoms with Crippen LogP contribution in [-0.2, 0) is 4.74 Å². The maximum absolute atomic E-state index is 10.2. The first-order valence-electron chi connectivity index (χ1n) is 7.21. The highest BCUT2D eigenvalue weighted by Crippen LogP contribution is 2.34. The molecule has 0 aliphatic carbocycles. The molecule has 3 heterocycles. The number of hydrogen-bond donors (Lipinski definition) is 4. The minimum absolute atomic E-state index is 0.0918. The lowest BCUT2D eigenvalue weighted by Crippen LogP contribution is -2.33. The molecule has 1 fully saturated rings. The maximum atomic E-state index is 10.2. The molecule has 1 saturated heterocycles. The number of imidazole rings is 1. The third kappa shape index (κ3) is 2.88. The van der Waals surface area contributed by atoms with Gasteiger partial charge in [0.05, 0.1) is 12.9 Å². The normalized spacial score (nSPS) is 28.1. The van der Waals surface area contributed by atoms with Crippen molar-refractivity contribution in [3.8, 4) is 0 Å². The molecule has 9 nitrogen and oxygen atoms in total. The molecule has 0 radical (unpaired) electrons. The number of hydrogen-bond acceptors (Lipinski definition) is 9. The van der Waals surface area contributed by atoms with Crippen LogP contribution in [0.4, 0.5) is 5.95 Å². The summed E-state index contributed by atoms with van der Waals surface area (Å²) in [6, 6.07) is 0. The Bertz CT molecular complexity index is 709. The summed E-state index contributed by atoms with van der Waals surface area (Å²) in [7, 11) is 0. The molecule has 23 heavy (non-hydrogen) atoms. The number of nitrogens with zero attached hydrogens (tertiary/aromatic N) is 4. The Morgan fingerprint density at radius 2 is 2.09 bits per heavy atom. The van der Waals surface area contributed by atoms with Gasteiger partial charge in [-0.25, -0.2) is 9.97 Å². The van der Waals surface area contributed by atoms with Crippen LogP contribution in [0, 0.1) is 0 Å². The Morgan fingerprint density at radius 3 is 2.70 bits per heavy atom. The van der Waals surface area contributed by atoms with Gasteiger partial charge in [-0.1, -0.05) is 13.8 Å². The zero-order chi connectivity index (χ0) is 16.7. The zero-order valence-electron chi connectivity index (χ0n) is 12.7. The SMILES string of the molecule is CC(C)Sc1nc(N)nc2c1ncn2[C@H]1O[C@@H](CO)[C@@H](O)[C@@H]1O. The van der Waals surface area contributed by atoms with Crippen LogP contribution in [0.2, 0.25) is 0 Å². The average Bonchev–Trinajstić information content (AvgIpc) is 3.01. The number of ether oxygens (including phenoxy) is 1. The predicted octanol–water partition coefficient (Wildman–Crippen LogP) is -0.480. The molecule has 4 atom stereocenters. The molecule has 0 amide bonds. The molecule has 1 aliphatic heterocycles. The highest BCUT2D eigenvalue weighted by atomic mass is 32.2. The van der Waals surface area contributed by atoms with E-state index in [1.54, 1.807) is 0 Å². The van der Waals surface area contributed by atoms with E-state index in [1.807, 2.05) is 13.8 Å². The van der Waals surface area contributed by atoms with Crippen LogP contribution in [0.1, 0.15) is 20.1 Å². The Balaban J connectivity index is 2.04. The number of rotatable bonds is 4. The number of aliphatic hydroxyl groups excluding tert-OH is 3. The molecule has 0 saturated carbocycles. The second-order valence-corrected chi connectivity index (χ2v) is 7.17. The number of aliphatic hydroxyl groups is 3. The largest absolute Gasteiger partial charge is 0.394 e. The quantitative estimate of drug-likeness (QED) is 0.429. The molecular formula is C13H19N5O4S. The van der Waals surface area contributed by atoms with E-state index in [2.05, 4.69) is 15.0 Å². The summed E-state index contributed by atoms with van der Waals surface area (Å²) in [5.41, 5.74) is 6.74. The second-order valence-electron chi connectivity index (χ2n) is 5.61. The molecule has 0 bridgehead atoms. The number of aromatic nitrogens is 4. The van der Waals surface area contributed by atoms with Crippen molar-refractivity contribution in [2.24, 2.45) is 0 Å². The standard InChI is InChI=1S/C13H19N5O4S/c1-5(2)23-11-7-10(16-13(14)17-11)18(4-15-7)12-9(21)8(20)6(3-19)22-12/h4-6,8-9,12,19-21H,3H2,1-2H3,(H2,14,16,17)/t6-,8+,9-,12-/m0/s1. The fourth-order valence-electron chi connectivity index (χ4n) is 2.51. The second kappa shape index (κ2) is 6.21. The van der Waals surface area contributed by atoms with Gasteiger partial charge in [-0.3, -0.25) is 4.57 Å².